The standard InChI is InChI=1S/C15H22ClNO2/c1-18-14-10-12(16)9-11(7-8-17)15(14)19-13-5-3-2-4-6-13/h9-10,13H,2-8,17H2,1H3. The van der Waals surface area contributed by atoms with Gasteiger partial charge in [-0.2, -0.15) is 0 Å². The minimum atomic E-state index is 0.292. The molecular weight excluding hydrogens is 262 g/mol. The summed E-state index contributed by atoms with van der Waals surface area (Å²) < 4.78 is 11.6. The van der Waals surface area contributed by atoms with Crippen LogP contribution in [0.5, 0.6) is 11.5 Å². The van der Waals surface area contributed by atoms with Crippen LogP contribution in [0.3, 0.4) is 0 Å². The zero-order valence-electron chi connectivity index (χ0n) is 11.5. The third-order valence-corrected chi connectivity index (χ3v) is 3.79. The number of hydrogen-bond acceptors (Lipinski definition) is 3. The molecule has 0 saturated heterocycles. The number of hydrogen-bond donors (Lipinski definition) is 1. The van der Waals surface area contributed by atoms with Gasteiger partial charge in [0.2, 0.25) is 0 Å². The van der Waals surface area contributed by atoms with E-state index in [0.717, 1.165) is 30.6 Å². The molecular formula is C15H22ClNO2. The Morgan fingerprint density at radius 3 is 2.63 bits per heavy atom. The van der Waals surface area contributed by atoms with E-state index in [2.05, 4.69) is 0 Å². The van der Waals surface area contributed by atoms with Gasteiger partial charge in [-0.3, -0.25) is 0 Å². The molecule has 4 heteroatoms. The topological polar surface area (TPSA) is 44.5 Å². The predicted octanol–water partition coefficient (Wildman–Crippen LogP) is 3.56. The maximum Gasteiger partial charge on any atom is 0.164 e. The van der Waals surface area contributed by atoms with E-state index in [4.69, 9.17) is 26.8 Å². The molecule has 0 heterocycles. The van der Waals surface area contributed by atoms with Gasteiger partial charge in [0.25, 0.3) is 0 Å². The van der Waals surface area contributed by atoms with Crippen molar-refractivity contribution >= 4 is 11.6 Å². The molecule has 1 aliphatic carbocycles. The molecule has 1 aromatic rings. The molecule has 2 N–H and O–H groups in total. The maximum absolute atomic E-state index is 6.18. The average molecular weight is 284 g/mol. The van der Waals surface area contributed by atoms with Crippen molar-refractivity contribution in [3.63, 3.8) is 0 Å². The number of methoxy groups -OCH3 is 1. The van der Waals surface area contributed by atoms with Crippen LogP contribution >= 0.6 is 11.6 Å². The SMILES string of the molecule is COc1cc(Cl)cc(CCN)c1OC1CCCCC1. The van der Waals surface area contributed by atoms with E-state index in [0.29, 0.717) is 23.4 Å². The highest BCUT2D eigenvalue weighted by Crippen LogP contribution is 2.37. The van der Waals surface area contributed by atoms with Gasteiger partial charge >= 0.3 is 0 Å². The van der Waals surface area contributed by atoms with Crippen LogP contribution in [0.1, 0.15) is 37.7 Å². The summed E-state index contributed by atoms with van der Waals surface area (Å²) in [5.74, 6) is 1.53. The van der Waals surface area contributed by atoms with Crippen molar-refractivity contribution in [2.45, 2.75) is 44.6 Å². The summed E-state index contributed by atoms with van der Waals surface area (Å²) >= 11 is 6.10. The molecule has 0 spiro atoms. The Morgan fingerprint density at radius 2 is 2.00 bits per heavy atom. The van der Waals surface area contributed by atoms with Gasteiger partial charge in [0.1, 0.15) is 0 Å². The Bertz CT molecular complexity index is 417. The molecule has 0 amide bonds. The zero-order valence-corrected chi connectivity index (χ0v) is 12.2. The fourth-order valence-electron chi connectivity index (χ4n) is 2.60. The number of nitrogens with two attached hydrogens (primary N) is 1. The van der Waals surface area contributed by atoms with Crippen LogP contribution in [0.4, 0.5) is 0 Å². The van der Waals surface area contributed by atoms with E-state index in [1.54, 1.807) is 13.2 Å². The molecule has 1 fully saturated rings. The molecule has 0 radical (unpaired) electrons. The second-order valence-electron chi connectivity index (χ2n) is 5.01. The highest BCUT2D eigenvalue weighted by Gasteiger charge is 2.19. The Morgan fingerprint density at radius 1 is 1.26 bits per heavy atom. The van der Waals surface area contributed by atoms with E-state index in [-0.39, 0.29) is 0 Å². The van der Waals surface area contributed by atoms with Gasteiger partial charge in [-0.15, -0.1) is 0 Å². The lowest BCUT2D eigenvalue weighted by Crippen LogP contribution is -2.21. The molecule has 106 valence electrons. The first kappa shape index (κ1) is 14.5. The van der Waals surface area contributed by atoms with Crippen LogP contribution < -0.4 is 15.2 Å². The quantitative estimate of drug-likeness (QED) is 0.898. The summed E-state index contributed by atoms with van der Waals surface area (Å²) in [5, 5.41) is 0.663. The van der Waals surface area contributed by atoms with Gasteiger partial charge in [0, 0.05) is 16.7 Å². The molecule has 1 aromatic carbocycles. The molecule has 1 aliphatic rings. The monoisotopic (exact) mass is 283 g/mol. The van der Waals surface area contributed by atoms with Crippen molar-refractivity contribution in [3.05, 3.63) is 22.7 Å². The zero-order chi connectivity index (χ0) is 13.7. The Labute approximate surface area is 120 Å². The van der Waals surface area contributed by atoms with Crippen molar-refractivity contribution in [1.82, 2.24) is 0 Å². The number of benzene rings is 1. The van der Waals surface area contributed by atoms with Gasteiger partial charge in [0.05, 0.1) is 13.2 Å². The lowest BCUT2D eigenvalue weighted by molar-refractivity contribution is 0.148. The van der Waals surface area contributed by atoms with Crippen LogP contribution in [0.15, 0.2) is 12.1 Å². The van der Waals surface area contributed by atoms with Crippen LogP contribution in [0.2, 0.25) is 5.02 Å². The highest BCUT2D eigenvalue weighted by atomic mass is 35.5. The minimum absolute atomic E-state index is 0.292. The first-order chi connectivity index (χ1) is 9.24. The van der Waals surface area contributed by atoms with E-state index in [1.165, 1.54) is 19.3 Å². The first-order valence-electron chi connectivity index (χ1n) is 6.97. The Hall–Kier alpha value is -0.930. The number of ether oxygens (including phenoxy) is 2. The normalized spacial score (nSPS) is 16.4. The lowest BCUT2D eigenvalue weighted by Gasteiger charge is -2.25. The van der Waals surface area contributed by atoms with Gasteiger partial charge in [0.15, 0.2) is 11.5 Å². The summed E-state index contributed by atoms with van der Waals surface area (Å²) in [6.45, 7) is 0.574. The van der Waals surface area contributed by atoms with Gasteiger partial charge in [-0.25, -0.2) is 0 Å². The summed E-state index contributed by atoms with van der Waals surface area (Å²) in [4.78, 5) is 0. The van der Waals surface area contributed by atoms with Crippen molar-refractivity contribution < 1.29 is 9.47 Å². The molecule has 19 heavy (non-hydrogen) atoms. The lowest BCUT2D eigenvalue weighted by atomic mass is 9.97. The summed E-state index contributed by atoms with van der Waals surface area (Å²) in [6, 6.07) is 3.73. The second kappa shape index (κ2) is 7.01. The van der Waals surface area contributed by atoms with Crippen molar-refractivity contribution in [2.75, 3.05) is 13.7 Å². The third kappa shape index (κ3) is 3.77. The molecule has 3 nitrogen and oxygen atoms in total. The van der Waals surface area contributed by atoms with Crippen molar-refractivity contribution in [1.29, 1.82) is 0 Å². The third-order valence-electron chi connectivity index (χ3n) is 3.57. The minimum Gasteiger partial charge on any atom is -0.493 e. The molecule has 2 rings (SSSR count). The molecule has 1 saturated carbocycles. The smallest absolute Gasteiger partial charge is 0.164 e. The van der Waals surface area contributed by atoms with Crippen LogP contribution in [0, 0.1) is 0 Å². The maximum atomic E-state index is 6.18. The second-order valence-corrected chi connectivity index (χ2v) is 5.45. The van der Waals surface area contributed by atoms with Crippen molar-refractivity contribution in [2.24, 2.45) is 5.73 Å². The number of rotatable bonds is 5. The Kier molecular flexibility index (Phi) is 5.34. The first-order valence-corrected chi connectivity index (χ1v) is 7.35. The molecule has 0 bridgehead atoms. The summed E-state index contributed by atoms with van der Waals surface area (Å²) in [7, 11) is 1.64. The van der Waals surface area contributed by atoms with E-state index >= 15 is 0 Å². The highest BCUT2D eigenvalue weighted by molar-refractivity contribution is 6.30. The van der Waals surface area contributed by atoms with E-state index in [1.807, 2.05) is 6.07 Å². The predicted molar refractivity (Wildman–Crippen MR) is 78.3 cm³/mol. The Balaban J connectivity index is 2.24. The van der Waals surface area contributed by atoms with Gasteiger partial charge in [-0.1, -0.05) is 18.0 Å². The van der Waals surface area contributed by atoms with Crippen LogP contribution in [-0.2, 0) is 6.42 Å². The van der Waals surface area contributed by atoms with Crippen LogP contribution in [0.25, 0.3) is 0 Å². The molecule has 0 aliphatic heterocycles. The summed E-state index contributed by atoms with van der Waals surface area (Å²) in [5.41, 5.74) is 6.70. The van der Waals surface area contributed by atoms with Gasteiger partial charge < -0.3 is 15.2 Å². The average Bonchev–Trinajstić information content (AvgIpc) is 2.43. The van der Waals surface area contributed by atoms with E-state index in [9.17, 15) is 0 Å². The number of halogens is 1. The van der Waals surface area contributed by atoms with Crippen molar-refractivity contribution in [3.8, 4) is 11.5 Å². The van der Waals surface area contributed by atoms with Crippen LogP contribution in [-0.4, -0.2) is 19.8 Å². The summed E-state index contributed by atoms with van der Waals surface area (Å²) in [6.07, 6.45) is 7.08. The van der Waals surface area contributed by atoms with E-state index < -0.39 is 0 Å². The molecule has 0 unspecified atom stereocenters. The molecule has 0 atom stereocenters. The fourth-order valence-corrected chi connectivity index (χ4v) is 2.83. The molecule has 0 aromatic heterocycles. The fraction of sp³-hybridized carbons (Fsp3) is 0.600. The largest absolute Gasteiger partial charge is 0.493 e. The van der Waals surface area contributed by atoms with Gasteiger partial charge in [-0.05, 0) is 44.7 Å².